The molecule has 6 heteroatoms. The summed E-state index contributed by atoms with van der Waals surface area (Å²) in [6.45, 7) is 1.52. The Morgan fingerprint density at radius 2 is 2.10 bits per heavy atom. The molecule has 0 spiro atoms. The number of esters is 1. The first-order valence-corrected chi connectivity index (χ1v) is 7.13. The molecule has 0 aliphatic rings. The third-order valence-electron chi connectivity index (χ3n) is 2.47. The molecule has 1 N–H and O–H groups in total. The van der Waals surface area contributed by atoms with Crippen molar-refractivity contribution < 1.29 is 14.3 Å². The smallest absolute Gasteiger partial charge is 0.349 e. The molecule has 0 saturated heterocycles. The van der Waals surface area contributed by atoms with Crippen LogP contribution in [0.4, 0.5) is 5.69 Å². The fourth-order valence-corrected chi connectivity index (χ4v) is 2.27. The highest BCUT2D eigenvalue weighted by molar-refractivity contribution is 7.11. The molecule has 0 bridgehead atoms. The number of hydrogen-bond acceptors (Lipinski definition) is 4. The first kappa shape index (κ1) is 14.6. The topological polar surface area (TPSA) is 55.4 Å². The highest BCUT2D eigenvalue weighted by Crippen LogP contribution is 2.16. The number of carbonyl (C=O) groups excluding carboxylic acids is 2. The number of benzene rings is 1. The van der Waals surface area contributed by atoms with Crippen LogP contribution in [0.3, 0.4) is 0 Å². The van der Waals surface area contributed by atoms with Gasteiger partial charge >= 0.3 is 5.97 Å². The number of thiophene rings is 1. The third kappa shape index (κ3) is 3.82. The standard InChI is InChI=1S/C14H12ClNO3S/c1-9(19-14(18)12-6-3-7-20-12)13(17)16-11-5-2-4-10(15)8-11/h2-9H,1H3,(H,16,17)/t9-/m1/s1. The Labute approximate surface area is 125 Å². The van der Waals surface area contributed by atoms with Gasteiger partial charge in [0.15, 0.2) is 6.10 Å². The Kier molecular flexibility index (Phi) is 4.76. The number of anilines is 1. The van der Waals surface area contributed by atoms with Crippen LogP contribution in [-0.4, -0.2) is 18.0 Å². The van der Waals surface area contributed by atoms with Crippen molar-refractivity contribution in [3.8, 4) is 0 Å². The molecule has 0 radical (unpaired) electrons. The number of amides is 1. The summed E-state index contributed by atoms with van der Waals surface area (Å²) in [6.07, 6.45) is -0.886. The minimum atomic E-state index is -0.886. The van der Waals surface area contributed by atoms with Crippen LogP contribution in [-0.2, 0) is 9.53 Å². The van der Waals surface area contributed by atoms with Crippen molar-refractivity contribution in [1.29, 1.82) is 0 Å². The average Bonchev–Trinajstić information content (AvgIpc) is 2.92. The maximum Gasteiger partial charge on any atom is 0.349 e. The third-order valence-corrected chi connectivity index (χ3v) is 3.55. The summed E-state index contributed by atoms with van der Waals surface area (Å²) >= 11 is 7.09. The molecule has 0 aliphatic carbocycles. The highest BCUT2D eigenvalue weighted by atomic mass is 35.5. The van der Waals surface area contributed by atoms with Gasteiger partial charge in [0.25, 0.3) is 5.91 Å². The van der Waals surface area contributed by atoms with Crippen LogP contribution < -0.4 is 5.32 Å². The van der Waals surface area contributed by atoms with E-state index >= 15 is 0 Å². The van der Waals surface area contributed by atoms with Gasteiger partial charge in [-0.05, 0) is 36.6 Å². The minimum Gasteiger partial charge on any atom is -0.448 e. The first-order chi connectivity index (χ1) is 9.56. The fourth-order valence-electron chi connectivity index (χ4n) is 1.48. The molecular formula is C14H12ClNO3S. The lowest BCUT2D eigenvalue weighted by molar-refractivity contribution is -0.123. The van der Waals surface area contributed by atoms with Gasteiger partial charge in [0.2, 0.25) is 0 Å². The summed E-state index contributed by atoms with van der Waals surface area (Å²) in [6, 6.07) is 10.1. The summed E-state index contributed by atoms with van der Waals surface area (Å²) in [5.74, 6) is -0.911. The molecule has 0 fully saturated rings. The highest BCUT2D eigenvalue weighted by Gasteiger charge is 2.19. The molecule has 2 rings (SSSR count). The fraction of sp³-hybridized carbons (Fsp3) is 0.143. The van der Waals surface area contributed by atoms with Crippen LogP contribution in [0.1, 0.15) is 16.6 Å². The van der Waals surface area contributed by atoms with Crippen LogP contribution in [0.15, 0.2) is 41.8 Å². The lowest BCUT2D eigenvalue weighted by Gasteiger charge is -2.13. The molecule has 104 valence electrons. The quantitative estimate of drug-likeness (QED) is 0.878. The second kappa shape index (κ2) is 6.54. The van der Waals surface area contributed by atoms with E-state index < -0.39 is 18.0 Å². The van der Waals surface area contributed by atoms with Gasteiger partial charge in [-0.15, -0.1) is 11.3 Å². The lowest BCUT2D eigenvalue weighted by Crippen LogP contribution is -2.29. The average molecular weight is 310 g/mol. The number of hydrogen-bond donors (Lipinski definition) is 1. The molecule has 1 amide bonds. The molecule has 1 aromatic carbocycles. The Bertz CT molecular complexity index is 613. The molecule has 2 aromatic rings. The van der Waals surface area contributed by atoms with E-state index in [1.54, 1.807) is 41.8 Å². The number of carbonyl (C=O) groups is 2. The van der Waals surface area contributed by atoms with E-state index in [9.17, 15) is 9.59 Å². The molecule has 20 heavy (non-hydrogen) atoms. The Morgan fingerprint density at radius 3 is 2.75 bits per heavy atom. The van der Waals surface area contributed by atoms with Crippen LogP contribution in [0.2, 0.25) is 5.02 Å². The van der Waals surface area contributed by atoms with Gasteiger partial charge in [0.1, 0.15) is 4.88 Å². The number of nitrogens with one attached hydrogen (secondary N) is 1. The zero-order chi connectivity index (χ0) is 14.5. The summed E-state index contributed by atoms with van der Waals surface area (Å²) < 4.78 is 5.09. The molecule has 1 atom stereocenters. The van der Waals surface area contributed by atoms with E-state index in [1.165, 1.54) is 18.3 Å². The van der Waals surface area contributed by atoms with Crippen molar-refractivity contribution in [2.24, 2.45) is 0 Å². The van der Waals surface area contributed by atoms with Crippen molar-refractivity contribution in [3.63, 3.8) is 0 Å². The van der Waals surface area contributed by atoms with Crippen molar-refractivity contribution >= 4 is 40.5 Å². The molecule has 1 aromatic heterocycles. The van der Waals surface area contributed by atoms with E-state index in [0.717, 1.165) is 0 Å². The SMILES string of the molecule is C[C@@H](OC(=O)c1cccs1)C(=O)Nc1cccc(Cl)c1. The van der Waals surface area contributed by atoms with Crippen molar-refractivity contribution in [2.75, 3.05) is 5.32 Å². The zero-order valence-electron chi connectivity index (χ0n) is 10.6. The minimum absolute atomic E-state index is 0.405. The van der Waals surface area contributed by atoms with Gasteiger partial charge in [-0.2, -0.15) is 0 Å². The van der Waals surface area contributed by atoms with Crippen molar-refractivity contribution in [3.05, 3.63) is 51.7 Å². The van der Waals surface area contributed by atoms with Gasteiger partial charge in [-0.3, -0.25) is 4.79 Å². The zero-order valence-corrected chi connectivity index (χ0v) is 12.2. The van der Waals surface area contributed by atoms with Crippen LogP contribution in [0.5, 0.6) is 0 Å². The molecular weight excluding hydrogens is 298 g/mol. The van der Waals surface area contributed by atoms with Crippen LogP contribution >= 0.6 is 22.9 Å². The van der Waals surface area contributed by atoms with Crippen LogP contribution in [0.25, 0.3) is 0 Å². The van der Waals surface area contributed by atoms with Crippen molar-refractivity contribution in [2.45, 2.75) is 13.0 Å². The van der Waals surface area contributed by atoms with Gasteiger partial charge < -0.3 is 10.1 Å². The lowest BCUT2D eigenvalue weighted by atomic mass is 10.3. The molecule has 0 aliphatic heterocycles. The monoisotopic (exact) mass is 309 g/mol. The van der Waals surface area contributed by atoms with Crippen LogP contribution in [0, 0.1) is 0 Å². The Hall–Kier alpha value is -1.85. The second-order valence-electron chi connectivity index (χ2n) is 4.02. The number of rotatable bonds is 4. The first-order valence-electron chi connectivity index (χ1n) is 5.87. The summed E-state index contributed by atoms with van der Waals surface area (Å²) in [7, 11) is 0. The van der Waals surface area contributed by atoms with E-state index in [-0.39, 0.29) is 0 Å². The van der Waals surface area contributed by atoms with E-state index in [2.05, 4.69) is 5.32 Å². The summed E-state index contributed by atoms with van der Waals surface area (Å²) in [4.78, 5) is 24.1. The normalized spacial score (nSPS) is 11.7. The van der Waals surface area contributed by atoms with E-state index in [1.807, 2.05) is 0 Å². The van der Waals surface area contributed by atoms with Gasteiger partial charge in [-0.1, -0.05) is 23.7 Å². The maximum absolute atomic E-state index is 11.9. The van der Waals surface area contributed by atoms with E-state index in [4.69, 9.17) is 16.3 Å². The second-order valence-corrected chi connectivity index (χ2v) is 5.41. The molecule has 1 heterocycles. The molecule has 0 unspecified atom stereocenters. The Balaban J connectivity index is 1.94. The van der Waals surface area contributed by atoms with Gasteiger partial charge in [0.05, 0.1) is 0 Å². The predicted molar refractivity (Wildman–Crippen MR) is 79.3 cm³/mol. The number of ether oxygens (including phenoxy) is 1. The largest absolute Gasteiger partial charge is 0.448 e. The molecule has 4 nitrogen and oxygen atoms in total. The number of halogens is 1. The van der Waals surface area contributed by atoms with Gasteiger partial charge in [0, 0.05) is 10.7 Å². The maximum atomic E-state index is 11.9. The Morgan fingerprint density at radius 1 is 1.30 bits per heavy atom. The van der Waals surface area contributed by atoms with Gasteiger partial charge in [-0.25, -0.2) is 4.79 Å². The van der Waals surface area contributed by atoms with E-state index in [0.29, 0.717) is 15.6 Å². The molecule has 0 saturated carbocycles. The summed E-state index contributed by atoms with van der Waals surface area (Å²) in [5, 5.41) is 4.93. The van der Waals surface area contributed by atoms with Crippen molar-refractivity contribution in [1.82, 2.24) is 0 Å². The predicted octanol–water partition coefficient (Wildman–Crippen LogP) is 3.59. The summed E-state index contributed by atoms with van der Waals surface area (Å²) in [5.41, 5.74) is 0.557.